The molecule has 0 aliphatic heterocycles. The van der Waals surface area contributed by atoms with Crippen molar-refractivity contribution in [3.63, 3.8) is 0 Å². The van der Waals surface area contributed by atoms with Gasteiger partial charge in [0.05, 0.1) is 12.0 Å². The molecule has 18 heavy (non-hydrogen) atoms. The van der Waals surface area contributed by atoms with Gasteiger partial charge in [0.15, 0.2) is 0 Å². The number of hydrogen-bond donors (Lipinski definition) is 2. The molecule has 0 spiro atoms. The van der Waals surface area contributed by atoms with Gasteiger partial charge in [-0.3, -0.25) is 4.79 Å². The van der Waals surface area contributed by atoms with Gasteiger partial charge in [0.1, 0.15) is 11.4 Å². The zero-order valence-electron chi connectivity index (χ0n) is 10.5. The summed E-state index contributed by atoms with van der Waals surface area (Å²) in [5, 5.41) is 8.69. The number of aromatic amines is 1. The van der Waals surface area contributed by atoms with Gasteiger partial charge in [-0.25, -0.2) is 9.78 Å². The van der Waals surface area contributed by atoms with Crippen LogP contribution in [0.2, 0.25) is 0 Å². The molecule has 0 amide bonds. The first-order valence-corrected chi connectivity index (χ1v) is 5.55. The van der Waals surface area contributed by atoms with E-state index < -0.39 is 11.5 Å². The van der Waals surface area contributed by atoms with E-state index in [1.54, 1.807) is 17.7 Å². The average molecular weight is 249 g/mol. The number of aromatic nitrogens is 3. The number of nitrogens with zero attached hydrogens (tertiary/aromatic N) is 2. The molecule has 2 aromatic heterocycles. The van der Waals surface area contributed by atoms with Gasteiger partial charge in [-0.15, -0.1) is 0 Å². The largest absolute Gasteiger partial charge is 0.477 e. The maximum Gasteiger partial charge on any atom is 0.352 e. The molecule has 0 radical (unpaired) electrons. The Labute approximate surface area is 104 Å². The first-order valence-electron chi connectivity index (χ1n) is 5.55. The minimum absolute atomic E-state index is 0.134. The van der Waals surface area contributed by atoms with Gasteiger partial charge in [-0.2, -0.15) is 0 Å². The quantitative estimate of drug-likeness (QED) is 0.846. The van der Waals surface area contributed by atoms with Crippen molar-refractivity contribution in [3.05, 3.63) is 46.4 Å². The molecule has 0 fully saturated rings. The number of carboxylic acid groups (broad SMARTS) is 1. The van der Waals surface area contributed by atoms with Crippen molar-refractivity contribution in [2.45, 2.75) is 20.8 Å². The molecule has 0 unspecified atom stereocenters. The number of pyridine rings is 1. The number of carboxylic acids is 1. The van der Waals surface area contributed by atoms with E-state index in [4.69, 9.17) is 5.11 Å². The van der Waals surface area contributed by atoms with Crippen molar-refractivity contribution in [1.82, 2.24) is 14.5 Å². The lowest BCUT2D eigenvalue weighted by Gasteiger charge is -2.00. The minimum Gasteiger partial charge on any atom is -0.477 e. The van der Waals surface area contributed by atoms with Crippen molar-refractivity contribution in [1.29, 1.82) is 0 Å². The molecule has 0 saturated carbocycles. The Morgan fingerprint density at radius 2 is 2.06 bits per heavy atom. The van der Waals surface area contributed by atoms with Crippen LogP contribution in [0.4, 0.5) is 0 Å². The fourth-order valence-corrected chi connectivity index (χ4v) is 1.35. The Balaban J connectivity index is 0.000000771. The molecule has 96 valence electrons. The van der Waals surface area contributed by atoms with Gasteiger partial charge in [0.2, 0.25) is 0 Å². The summed E-state index contributed by atoms with van der Waals surface area (Å²) in [5.74, 6) is -1.16. The van der Waals surface area contributed by atoms with Gasteiger partial charge < -0.3 is 14.7 Å². The summed E-state index contributed by atoms with van der Waals surface area (Å²) in [7, 11) is 0. The smallest absolute Gasteiger partial charge is 0.352 e. The molecule has 6 nitrogen and oxygen atoms in total. The van der Waals surface area contributed by atoms with E-state index in [-0.39, 0.29) is 5.69 Å². The maximum absolute atomic E-state index is 11.6. The Kier molecular flexibility index (Phi) is 4.42. The Bertz CT molecular complexity index is 599. The first-order chi connectivity index (χ1) is 8.58. The van der Waals surface area contributed by atoms with Crippen LogP contribution >= 0.6 is 0 Å². The van der Waals surface area contributed by atoms with E-state index in [0.717, 1.165) is 5.69 Å². The second-order valence-electron chi connectivity index (χ2n) is 3.31. The molecule has 2 N–H and O–H groups in total. The average Bonchev–Trinajstić information content (AvgIpc) is 2.78. The summed E-state index contributed by atoms with van der Waals surface area (Å²) in [6, 6.07) is 2.79. The molecule has 2 rings (SSSR count). The summed E-state index contributed by atoms with van der Waals surface area (Å²) >= 11 is 0. The molecule has 6 heteroatoms. The van der Waals surface area contributed by atoms with E-state index in [0.29, 0.717) is 5.69 Å². The van der Waals surface area contributed by atoms with E-state index in [9.17, 15) is 9.59 Å². The van der Waals surface area contributed by atoms with Crippen LogP contribution < -0.4 is 5.56 Å². The highest BCUT2D eigenvalue weighted by atomic mass is 16.4. The van der Waals surface area contributed by atoms with Crippen molar-refractivity contribution < 1.29 is 9.90 Å². The van der Waals surface area contributed by atoms with Crippen LogP contribution in [0, 0.1) is 6.92 Å². The number of H-pyrrole nitrogens is 1. The van der Waals surface area contributed by atoms with Crippen molar-refractivity contribution in [2.24, 2.45) is 0 Å². The van der Waals surface area contributed by atoms with Gasteiger partial charge in [-0.05, 0) is 19.1 Å². The van der Waals surface area contributed by atoms with Crippen molar-refractivity contribution >= 4 is 5.97 Å². The lowest BCUT2D eigenvalue weighted by atomic mass is 10.3. The summed E-state index contributed by atoms with van der Waals surface area (Å²) in [6.45, 7) is 5.80. The molecule has 0 atom stereocenters. The number of aryl methyl sites for hydroxylation is 1. The third-order valence-corrected chi connectivity index (χ3v) is 2.11. The van der Waals surface area contributed by atoms with Crippen LogP contribution in [0.15, 0.2) is 29.5 Å². The van der Waals surface area contributed by atoms with Crippen LogP contribution in [-0.4, -0.2) is 25.6 Å². The van der Waals surface area contributed by atoms with Gasteiger partial charge in [-0.1, -0.05) is 13.8 Å². The second-order valence-corrected chi connectivity index (χ2v) is 3.31. The van der Waals surface area contributed by atoms with Gasteiger partial charge in [0, 0.05) is 6.20 Å². The Morgan fingerprint density at radius 1 is 1.39 bits per heavy atom. The zero-order valence-corrected chi connectivity index (χ0v) is 10.5. The van der Waals surface area contributed by atoms with Gasteiger partial charge in [0.25, 0.3) is 5.56 Å². The third kappa shape index (κ3) is 2.85. The molecular formula is C12H15N3O3. The highest BCUT2D eigenvalue weighted by Crippen LogP contribution is 2.03. The predicted octanol–water partition coefficient (Wildman–Crippen LogP) is 1.59. The number of imidazole rings is 1. The maximum atomic E-state index is 11.6. The van der Waals surface area contributed by atoms with Crippen LogP contribution in [-0.2, 0) is 0 Å². The molecular weight excluding hydrogens is 234 g/mol. The summed E-state index contributed by atoms with van der Waals surface area (Å²) in [4.78, 5) is 28.5. The summed E-state index contributed by atoms with van der Waals surface area (Å²) in [5.41, 5.74) is 0.523. The first kappa shape index (κ1) is 13.7. The van der Waals surface area contributed by atoms with Crippen LogP contribution in [0.1, 0.15) is 30.0 Å². The molecule has 0 aliphatic rings. The van der Waals surface area contributed by atoms with Crippen LogP contribution in [0.25, 0.3) is 5.69 Å². The normalized spacial score (nSPS) is 9.50. The molecule has 2 heterocycles. The monoisotopic (exact) mass is 249 g/mol. The van der Waals surface area contributed by atoms with Crippen LogP contribution in [0.3, 0.4) is 0 Å². The number of nitrogens with one attached hydrogen (secondary N) is 1. The van der Waals surface area contributed by atoms with E-state index in [2.05, 4.69) is 9.97 Å². The number of rotatable bonds is 2. The SMILES string of the molecule is CC.Cc1cn(-c2ccc(C(=O)O)[nH]c2=O)cn1. The summed E-state index contributed by atoms with van der Waals surface area (Å²) < 4.78 is 1.54. The minimum atomic E-state index is -1.16. The highest BCUT2D eigenvalue weighted by Gasteiger charge is 2.07. The van der Waals surface area contributed by atoms with Crippen LogP contribution in [0.5, 0.6) is 0 Å². The fourth-order valence-electron chi connectivity index (χ4n) is 1.35. The molecule has 0 bridgehead atoms. The molecule has 0 aliphatic carbocycles. The Morgan fingerprint density at radius 3 is 2.50 bits per heavy atom. The van der Waals surface area contributed by atoms with Gasteiger partial charge >= 0.3 is 5.97 Å². The molecule has 0 saturated heterocycles. The van der Waals surface area contributed by atoms with Crippen molar-refractivity contribution in [3.8, 4) is 5.69 Å². The molecule has 2 aromatic rings. The number of aromatic carboxylic acids is 1. The van der Waals surface area contributed by atoms with E-state index in [1.165, 1.54) is 18.5 Å². The number of carbonyl (C=O) groups is 1. The summed E-state index contributed by atoms with van der Waals surface area (Å²) in [6.07, 6.45) is 3.19. The van der Waals surface area contributed by atoms with E-state index >= 15 is 0 Å². The topological polar surface area (TPSA) is 88.0 Å². The van der Waals surface area contributed by atoms with E-state index in [1.807, 2.05) is 13.8 Å². The lowest BCUT2D eigenvalue weighted by Crippen LogP contribution is -2.17. The zero-order chi connectivity index (χ0) is 13.7. The second kappa shape index (κ2) is 5.81. The highest BCUT2D eigenvalue weighted by molar-refractivity contribution is 5.85. The predicted molar refractivity (Wildman–Crippen MR) is 67.2 cm³/mol. The lowest BCUT2D eigenvalue weighted by molar-refractivity contribution is 0.0690. The van der Waals surface area contributed by atoms with Crippen molar-refractivity contribution in [2.75, 3.05) is 0 Å². The third-order valence-electron chi connectivity index (χ3n) is 2.11. The number of hydrogen-bond acceptors (Lipinski definition) is 3. The Hall–Kier alpha value is -2.37. The standard InChI is InChI=1S/C10H9N3O3.C2H6/c1-6-4-13(5-11-6)8-3-2-7(10(15)16)12-9(8)14;1-2/h2-5H,1H3,(H,12,14)(H,15,16);1-2H3. The molecule has 0 aromatic carbocycles. The fraction of sp³-hybridized carbons (Fsp3) is 0.250.